The van der Waals surface area contributed by atoms with Gasteiger partial charge in [-0.15, -0.1) is 0 Å². The van der Waals surface area contributed by atoms with Gasteiger partial charge in [-0.3, -0.25) is 4.72 Å². The Bertz CT molecular complexity index is 906. The number of halogens is 1. The number of ether oxygens (including phenoxy) is 2. The molecule has 0 saturated heterocycles. The Morgan fingerprint density at radius 1 is 1.13 bits per heavy atom. The van der Waals surface area contributed by atoms with Gasteiger partial charge in [0.15, 0.2) is 11.5 Å². The van der Waals surface area contributed by atoms with Crippen molar-refractivity contribution in [1.82, 2.24) is 0 Å². The average Bonchev–Trinajstić information content (AvgIpc) is 2.55. The lowest BCUT2D eigenvalue weighted by atomic mass is 10.2. The summed E-state index contributed by atoms with van der Waals surface area (Å²) in [6.45, 7) is 0.858. The monoisotopic (exact) mass is 394 g/mol. The summed E-state index contributed by atoms with van der Waals surface area (Å²) in [5.41, 5.74) is 0.603. The van der Waals surface area contributed by atoms with Crippen LogP contribution in [-0.4, -0.2) is 21.6 Å². The third kappa shape index (κ3) is 3.25. The third-order valence-corrected chi connectivity index (χ3v) is 5.17. The van der Waals surface area contributed by atoms with Gasteiger partial charge in [0.25, 0.3) is 10.0 Å². The van der Waals surface area contributed by atoms with Crippen LogP contribution in [0.15, 0.2) is 45.8 Å². The summed E-state index contributed by atoms with van der Waals surface area (Å²) in [6, 6.07) is 10.9. The molecular weight excluding hydrogens is 384 g/mol. The Kier molecular flexibility index (Phi) is 4.15. The van der Waals surface area contributed by atoms with Crippen LogP contribution in [0.1, 0.15) is 5.56 Å². The zero-order chi connectivity index (χ0) is 16.4. The molecule has 6 nitrogen and oxygen atoms in total. The van der Waals surface area contributed by atoms with Gasteiger partial charge in [0.05, 0.1) is 22.2 Å². The van der Waals surface area contributed by atoms with Crippen molar-refractivity contribution in [3.05, 3.63) is 46.4 Å². The highest BCUT2D eigenvalue weighted by Gasteiger charge is 2.20. The minimum atomic E-state index is -3.82. The lowest BCUT2D eigenvalue weighted by Crippen LogP contribution is -2.17. The molecule has 1 aliphatic rings. The molecular formula is C15H11BrN2O4S. The number of fused-ring (bicyclic) bond motifs is 1. The van der Waals surface area contributed by atoms with Crippen molar-refractivity contribution < 1.29 is 17.9 Å². The normalized spacial score (nSPS) is 13.2. The predicted octanol–water partition coefficient (Wildman–Crippen LogP) is 2.89. The summed E-state index contributed by atoms with van der Waals surface area (Å²) in [5, 5.41) is 8.89. The summed E-state index contributed by atoms with van der Waals surface area (Å²) in [7, 11) is -3.82. The van der Waals surface area contributed by atoms with Crippen molar-refractivity contribution in [1.29, 1.82) is 5.26 Å². The zero-order valence-corrected chi connectivity index (χ0v) is 14.1. The van der Waals surface area contributed by atoms with E-state index in [1.807, 2.05) is 6.07 Å². The van der Waals surface area contributed by atoms with Gasteiger partial charge in [0.1, 0.15) is 13.2 Å². The van der Waals surface area contributed by atoms with Crippen LogP contribution in [0.2, 0.25) is 0 Å². The predicted molar refractivity (Wildman–Crippen MR) is 87.1 cm³/mol. The van der Waals surface area contributed by atoms with E-state index >= 15 is 0 Å². The summed E-state index contributed by atoms with van der Waals surface area (Å²) >= 11 is 3.31. The van der Waals surface area contributed by atoms with Crippen LogP contribution in [0.5, 0.6) is 11.5 Å². The fourth-order valence-corrected chi connectivity index (χ4v) is 3.75. The number of nitriles is 1. The number of hydrogen-bond acceptors (Lipinski definition) is 5. The molecule has 0 aromatic heterocycles. The Morgan fingerprint density at radius 3 is 2.52 bits per heavy atom. The number of rotatable bonds is 3. The molecule has 0 atom stereocenters. The second-order valence-electron chi connectivity index (χ2n) is 4.72. The van der Waals surface area contributed by atoms with Gasteiger partial charge in [-0.25, -0.2) is 8.42 Å². The maximum Gasteiger partial charge on any atom is 0.261 e. The van der Waals surface area contributed by atoms with Gasteiger partial charge in [-0.2, -0.15) is 5.26 Å². The maximum atomic E-state index is 12.5. The standard InChI is InChI=1S/C15H11BrN2O4S/c16-12-7-14-15(22-5-4-21-14)8-13(12)18-23(19,20)11-3-1-2-10(6-11)9-17/h1-3,6-8,18H,4-5H2. The fraction of sp³-hybridized carbons (Fsp3) is 0.133. The Morgan fingerprint density at radius 2 is 1.83 bits per heavy atom. The van der Waals surface area contributed by atoms with Crippen LogP contribution in [0.4, 0.5) is 5.69 Å². The van der Waals surface area contributed by atoms with Crippen molar-refractivity contribution in [3.8, 4) is 17.6 Å². The molecule has 3 rings (SSSR count). The van der Waals surface area contributed by atoms with Gasteiger partial charge < -0.3 is 9.47 Å². The van der Waals surface area contributed by atoms with Crippen LogP contribution in [0.25, 0.3) is 0 Å². The maximum absolute atomic E-state index is 12.5. The molecule has 0 bridgehead atoms. The first kappa shape index (κ1) is 15.6. The summed E-state index contributed by atoms with van der Waals surface area (Å²) in [6.07, 6.45) is 0. The highest BCUT2D eigenvalue weighted by molar-refractivity contribution is 9.10. The highest BCUT2D eigenvalue weighted by Crippen LogP contribution is 2.38. The van der Waals surface area contributed by atoms with Crippen LogP contribution < -0.4 is 14.2 Å². The van der Waals surface area contributed by atoms with Crippen LogP contribution in [-0.2, 0) is 10.0 Å². The Balaban J connectivity index is 1.96. The number of anilines is 1. The van der Waals surface area contributed by atoms with E-state index in [9.17, 15) is 8.42 Å². The second kappa shape index (κ2) is 6.10. The number of nitrogens with zero attached hydrogens (tertiary/aromatic N) is 1. The minimum Gasteiger partial charge on any atom is -0.486 e. The van der Waals surface area contributed by atoms with E-state index in [1.165, 1.54) is 18.2 Å². The lowest BCUT2D eigenvalue weighted by Gasteiger charge is -2.20. The van der Waals surface area contributed by atoms with E-state index in [-0.39, 0.29) is 10.5 Å². The SMILES string of the molecule is N#Cc1cccc(S(=O)(=O)Nc2cc3c(cc2Br)OCCO3)c1. The molecule has 118 valence electrons. The number of sulfonamides is 1. The number of benzene rings is 2. The van der Waals surface area contributed by atoms with E-state index in [2.05, 4.69) is 20.7 Å². The molecule has 8 heteroatoms. The van der Waals surface area contributed by atoms with Crippen LogP contribution >= 0.6 is 15.9 Å². The first-order valence-corrected chi connectivity index (χ1v) is 8.89. The van der Waals surface area contributed by atoms with Crippen molar-refractivity contribution in [2.75, 3.05) is 17.9 Å². The van der Waals surface area contributed by atoms with Gasteiger partial charge in [-0.05, 0) is 34.1 Å². The van der Waals surface area contributed by atoms with Gasteiger partial charge >= 0.3 is 0 Å². The second-order valence-corrected chi connectivity index (χ2v) is 7.26. The molecule has 2 aromatic rings. The smallest absolute Gasteiger partial charge is 0.261 e. The molecule has 1 aliphatic heterocycles. The lowest BCUT2D eigenvalue weighted by molar-refractivity contribution is 0.171. The first-order valence-electron chi connectivity index (χ1n) is 6.62. The molecule has 0 amide bonds. The molecule has 23 heavy (non-hydrogen) atoms. The van der Waals surface area contributed by atoms with Gasteiger partial charge in [0.2, 0.25) is 0 Å². The van der Waals surface area contributed by atoms with Crippen molar-refractivity contribution in [2.24, 2.45) is 0 Å². The average molecular weight is 395 g/mol. The van der Waals surface area contributed by atoms with Crippen molar-refractivity contribution in [2.45, 2.75) is 4.90 Å². The fourth-order valence-electron chi connectivity index (χ4n) is 2.08. The largest absolute Gasteiger partial charge is 0.486 e. The molecule has 0 saturated carbocycles. The summed E-state index contributed by atoms with van der Waals surface area (Å²) < 4.78 is 38.9. The third-order valence-electron chi connectivity index (χ3n) is 3.15. The topological polar surface area (TPSA) is 88.4 Å². The van der Waals surface area contributed by atoms with Crippen LogP contribution in [0, 0.1) is 11.3 Å². The minimum absolute atomic E-state index is 0.0124. The van der Waals surface area contributed by atoms with Crippen LogP contribution in [0.3, 0.4) is 0 Å². The Labute approximate surface area is 141 Å². The van der Waals surface area contributed by atoms with Gasteiger partial charge in [-0.1, -0.05) is 6.07 Å². The molecule has 1 heterocycles. The van der Waals surface area contributed by atoms with E-state index in [4.69, 9.17) is 14.7 Å². The molecule has 0 unspecified atom stereocenters. The molecule has 0 radical (unpaired) electrons. The van der Waals surface area contributed by atoms with Gasteiger partial charge in [0, 0.05) is 16.6 Å². The first-order chi connectivity index (χ1) is 11.0. The molecule has 2 aromatic carbocycles. The van der Waals surface area contributed by atoms with E-state index in [1.54, 1.807) is 18.2 Å². The summed E-state index contributed by atoms with van der Waals surface area (Å²) in [5.74, 6) is 1.03. The van der Waals surface area contributed by atoms with E-state index < -0.39 is 10.0 Å². The van der Waals surface area contributed by atoms with Crippen molar-refractivity contribution >= 4 is 31.6 Å². The van der Waals surface area contributed by atoms with E-state index in [0.717, 1.165) is 0 Å². The van der Waals surface area contributed by atoms with E-state index in [0.29, 0.717) is 34.9 Å². The molecule has 0 aliphatic carbocycles. The number of nitrogens with one attached hydrogen (secondary N) is 1. The Hall–Kier alpha value is -2.24. The summed E-state index contributed by atoms with van der Waals surface area (Å²) in [4.78, 5) is 0.0124. The molecule has 0 fully saturated rings. The zero-order valence-electron chi connectivity index (χ0n) is 11.7. The highest BCUT2D eigenvalue weighted by atomic mass is 79.9. The molecule has 1 N–H and O–H groups in total. The molecule has 0 spiro atoms. The number of hydrogen-bond donors (Lipinski definition) is 1. The van der Waals surface area contributed by atoms with Crippen molar-refractivity contribution in [3.63, 3.8) is 0 Å². The quantitative estimate of drug-likeness (QED) is 0.864.